The Morgan fingerprint density at radius 3 is 2.61 bits per heavy atom. The van der Waals surface area contributed by atoms with Crippen LogP contribution >= 0.6 is 0 Å². The minimum Gasteiger partial charge on any atom is -0.352 e. The summed E-state index contributed by atoms with van der Waals surface area (Å²) in [6, 6.07) is 17.6. The summed E-state index contributed by atoms with van der Waals surface area (Å²) in [6.07, 6.45) is 4.92. The van der Waals surface area contributed by atoms with Crippen LogP contribution < -0.4 is 5.32 Å². The average Bonchev–Trinajstić information content (AvgIpc) is 3.06. The van der Waals surface area contributed by atoms with E-state index in [1.54, 1.807) is 0 Å². The van der Waals surface area contributed by atoms with Crippen molar-refractivity contribution in [2.75, 3.05) is 6.54 Å². The summed E-state index contributed by atoms with van der Waals surface area (Å²) in [6.45, 7) is 3.67. The molecule has 2 aromatic heterocycles. The number of benzene rings is 2. The van der Waals surface area contributed by atoms with Gasteiger partial charge < -0.3 is 9.88 Å². The van der Waals surface area contributed by atoms with Crippen molar-refractivity contribution in [2.24, 2.45) is 0 Å². The maximum absolute atomic E-state index is 12.1. The number of nitrogens with zero attached hydrogens (tertiary/aromatic N) is 3. The third-order valence-electron chi connectivity index (χ3n) is 5.05. The van der Waals surface area contributed by atoms with Crippen LogP contribution in [0.2, 0.25) is 0 Å². The molecule has 142 valence electrons. The highest BCUT2D eigenvalue weighted by atomic mass is 16.1. The molecule has 28 heavy (non-hydrogen) atoms. The second-order valence-corrected chi connectivity index (χ2v) is 7.00. The molecule has 0 aliphatic carbocycles. The number of carbonyl (C=O) groups excluding carboxylic acids is 1. The van der Waals surface area contributed by atoms with Crippen molar-refractivity contribution in [3.63, 3.8) is 0 Å². The summed E-state index contributed by atoms with van der Waals surface area (Å²) >= 11 is 0. The van der Waals surface area contributed by atoms with Gasteiger partial charge in [0.1, 0.15) is 11.3 Å². The molecule has 0 bridgehead atoms. The Bertz CT molecular complexity index is 1100. The zero-order valence-electron chi connectivity index (χ0n) is 16.1. The van der Waals surface area contributed by atoms with Crippen LogP contribution in [0.1, 0.15) is 35.4 Å². The van der Waals surface area contributed by atoms with Crippen LogP contribution in [0.25, 0.3) is 21.9 Å². The number of nitrogens with one attached hydrogen (secondary N) is 1. The molecular formula is C23H24N4O. The Morgan fingerprint density at radius 2 is 1.75 bits per heavy atom. The number of para-hydroxylation sites is 1. The topological polar surface area (TPSA) is 59.8 Å². The molecule has 1 N–H and O–H groups in total. The van der Waals surface area contributed by atoms with Crippen molar-refractivity contribution in [3.8, 4) is 0 Å². The van der Waals surface area contributed by atoms with E-state index in [0.717, 1.165) is 48.1 Å². The number of imidazole rings is 1. The van der Waals surface area contributed by atoms with Gasteiger partial charge in [-0.3, -0.25) is 9.78 Å². The van der Waals surface area contributed by atoms with E-state index in [0.29, 0.717) is 12.1 Å². The number of aromatic nitrogens is 3. The van der Waals surface area contributed by atoms with Gasteiger partial charge in [0.05, 0.1) is 17.2 Å². The maximum Gasteiger partial charge on any atom is 0.251 e. The van der Waals surface area contributed by atoms with E-state index < -0.39 is 0 Å². The van der Waals surface area contributed by atoms with Gasteiger partial charge in [-0.2, -0.15) is 0 Å². The Hall–Kier alpha value is -3.21. The van der Waals surface area contributed by atoms with Crippen molar-refractivity contribution >= 4 is 27.8 Å². The third-order valence-corrected chi connectivity index (χ3v) is 5.05. The fourth-order valence-corrected chi connectivity index (χ4v) is 3.62. The number of fused-ring (bicyclic) bond motifs is 3. The molecule has 0 aliphatic rings. The first-order valence-electron chi connectivity index (χ1n) is 9.78. The summed E-state index contributed by atoms with van der Waals surface area (Å²) < 4.78 is 2.29. The first-order valence-corrected chi connectivity index (χ1v) is 9.78. The van der Waals surface area contributed by atoms with Crippen LogP contribution in [-0.4, -0.2) is 27.0 Å². The largest absolute Gasteiger partial charge is 0.352 e. The molecule has 1 amide bonds. The molecular weight excluding hydrogens is 348 g/mol. The van der Waals surface area contributed by atoms with Gasteiger partial charge in [-0.1, -0.05) is 36.4 Å². The van der Waals surface area contributed by atoms with Gasteiger partial charge in [0.15, 0.2) is 0 Å². The van der Waals surface area contributed by atoms with E-state index in [1.807, 2.05) is 54.7 Å². The molecule has 0 radical (unpaired) electrons. The van der Waals surface area contributed by atoms with Crippen LogP contribution in [0.3, 0.4) is 0 Å². The standard InChI is InChI=1S/C23H24N4O/c1-17-26-21-16-25-20-13-7-6-12-19(20)22(21)27(17)15-9-3-8-14-24-23(28)18-10-4-2-5-11-18/h2,4-7,10-13,16H,3,8-9,14-15H2,1H3,(H,24,28). The first kappa shape index (κ1) is 18.2. The normalized spacial score (nSPS) is 11.2. The predicted molar refractivity (Wildman–Crippen MR) is 112 cm³/mol. The number of aryl methyl sites for hydroxylation is 2. The number of pyridine rings is 1. The molecule has 0 fully saturated rings. The van der Waals surface area contributed by atoms with E-state index >= 15 is 0 Å². The van der Waals surface area contributed by atoms with Crippen molar-refractivity contribution in [3.05, 3.63) is 72.2 Å². The third kappa shape index (κ3) is 3.74. The van der Waals surface area contributed by atoms with E-state index in [2.05, 4.69) is 32.8 Å². The molecule has 0 atom stereocenters. The second kappa shape index (κ2) is 8.21. The van der Waals surface area contributed by atoms with Crippen molar-refractivity contribution < 1.29 is 4.79 Å². The Labute approximate surface area is 164 Å². The van der Waals surface area contributed by atoms with Crippen LogP contribution in [-0.2, 0) is 6.54 Å². The van der Waals surface area contributed by atoms with Crippen molar-refractivity contribution in [2.45, 2.75) is 32.7 Å². The Balaban J connectivity index is 1.34. The van der Waals surface area contributed by atoms with Gasteiger partial charge >= 0.3 is 0 Å². The van der Waals surface area contributed by atoms with Gasteiger partial charge in [-0.25, -0.2) is 4.98 Å². The Kier molecular flexibility index (Phi) is 5.33. The molecule has 0 saturated carbocycles. The molecule has 5 heteroatoms. The molecule has 0 spiro atoms. The summed E-state index contributed by atoms with van der Waals surface area (Å²) in [5.41, 5.74) is 3.83. The van der Waals surface area contributed by atoms with E-state index in [-0.39, 0.29) is 5.91 Å². The lowest BCUT2D eigenvalue weighted by Gasteiger charge is -2.09. The molecule has 0 aliphatic heterocycles. The number of rotatable bonds is 7. The van der Waals surface area contributed by atoms with E-state index in [9.17, 15) is 4.79 Å². The molecule has 0 saturated heterocycles. The number of unbranched alkanes of at least 4 members (excludes halogenated alkanes) is 2. The number of carbonyl (C=O) groups is 1. The highest BCUT2D eigenvalue weighted by Crippen LogP contribution is 2.24. The number of hydrogen-bond donors (Lipinski definition) is 1. The summed E-state index contributed by atoms with van der Waals surface area (Å²) in [4.78, 5) is 21.2. The molecule has 5 nitrogen and oxygen atoms in total. The van der Waals surface area contributed by atoms with Gasteiger partial charge in [0.25, 0.3) is 5.91 Å². The predicted octanol–water partition coefficient (Wildman–Crippen LogP) is 4.49. The summed E-state index contributed by atoms with van der Waals surface area (Å²) in [5.74, 6) is 1.02. The fraction of sp³-hybridized carbons (Fsp3) is 0.261. The smallest absolute Gasteiger partial charge is 0.251 e. The van der Waals surface area contributed by atoms with Crippen LogP contribution in [0, 0.1) is 6.92 Å². The van der Waals surface area contributed by atoms with Crippen LogP contribution in [0.15, 0.2) is 60.8 Å². The zero-order valence-corrected chi connectivity index (χ0v) is 16.1. The summed E-state index contributed by atoms with van der Waals surface area (Å²) in [7, 11) is 0. The lowest BCUT2D eigenvalue weighted by Crippen LogP contribution is -2.24. The van der Waals surface area contributed by atoms with E-state index in [1.165, 1.54) is 5.52 Å². The number of amides is 1. The van der Waals surface area contributed by atoms with Gasteiger partial charge in [0.2, 0.25) is 0 Å². The van der Waals surface area contributed by atoms with Crippen LogP contribution in [0.5, 0.6) is 0 Å². The first-order chi connectivity index (χ1) is 13.7. The highest BCUT2D eigenvalue weighted by Gasteiger charge is 2.11. The van der Waals surface area contributed by atoms with Gasteiger partial charge in [-0.05, 0) is 44.4 Å². The maximum atomic E-state index is 12.1. The van der Waals surface area contributed by atoms with E-state index in [4.69, 9.17) is 0 Å². The van der Waals surface area contributed by atoms with Crippen molar-refractivity contribution in [1.29, 1.82) is 0 Å². The Morgan fingerprint density at radius 1 is 0.964 bits per heavy atom. The quantitative estimate of drug-likeness (QED) is 0.486. The second-order valence-electron chi connectivity index (χ2n) is 7.00. The number of hydrogen-bond acceptors (Lipinski definition) is 3. The van der Waals surface area contributed by atoms with Gasteiger partial charge in [0, 0.05) is 24.0 Å². The molecule has 2 aromatic carbocycles. The lowest BCUT2D eigenvalue weighted by molar-refractivity contribution is 0.0953. The molecule has 0 unspecified atom stereocenters. The minimum atomic E-state index is -0.00369. The highest BCUT2D eigenvalue weighted by molar-refractivity contribution is 6.02. The van der Waals surface area contributed by atoms with Crippen LogP contribution in [0.4, 0.5) is 0 Å². The lowest BCUT2D eigenvalue weighted by atomic mass is 10.2. The molecule has 4 rings (SSSR count). The molecule has 2 heterocycles. The average molecular weight is 372 g/mol. The zero-order chi connectivity index (χ0) is 19.3. The van der Waals surface area contributed by atoms with Crippen molar-refractivity contribution in [1.82, 2.24) is 19.9 Å². The SMILES string of the molecule is Cc1nc2cnc3ccccc3c2n1CCCCCNC(=O)c1ccccc1. The van der Waals surface area contributed by atoms with Gasteiger partial charge in [-0.15, -0.1) is 0 Å². The molecule has 4 aromatic rings. The fourth-order valence-electron chi connectivity index (χ4n) is 3.62. The minimum absolute atomic E-state index is 0.00369. The monoisotopic (exact) mass is 372 g/mol. The summed E-state index contributed by atoms with van der Waals surface area (Å²) in [5, 5.41) is 4.14.